The number of aromatic nitrogens is 2. The van der Waals surface area contributed by atoms with Crippen LogP contribution in [-0.4, -0.2) is 27.5 Å². The Balaban J connectivity index is 0.00000182. The predicted molar refractivity (Wildman–Crippen MR) is 103 cm³/mol. The van der Waals surface area contributed by atoms with Crippen molar-refractivity contribution in [2.24, 2.45) is 0 Å². The Hall–Kier alpha value is -1.67. The van der Waals surface area contributed by atoms with Crippen LogP contribution in [0.4, 0.5) is 0 Å². The van der Waals surface area contributed by atoms with E-state index in [1.165, 1.54) is 9.75 Å². The van der Waals surface area contributed by atoms with Crippen LogP contribution in [0.15, 0.2) is 35.0 Å². The van der Waals surface area contributed by atoms with Crippen molar-refractivity contribution in [3.63, 3.8) is 0 Å². The fourth-order valence-electron chi connectivity index (χ4n) is 2.93. The van der Waals surface area contributed by atoms with Gasteiger partial charge in [-0.25, -0.2) is 0 Å². The molecule has 0 saturated carbocycles. The second-order valence-electron chi connectivity index (χ2n) is 5.78. The number of nitrogens with one attached hydrogen (secondary N) is 2. The molecule has 3 aromatic heterocycles. The molecule has 1 aliphatic heterocycles. The van der Waals surface area contributed by atoms with Gasteiger partial charge in [0.25, 0.3) is 5.91 Å². The molecule has 0 aromatic carbocycles. The van der Waals surface area contributed by atoms with Gasteiger partial charge in [-0.15, -0.1) is 35.1 Å². The zero-order valence-corrected chi connectivity index (χ0v) is 16.0. The standard InChI is InChI=1S/C17H18N4OS2.ClH/c22-17(16-14-9-18-6-5-15(14)19-20-16)21(10-12-3-1-7-23-12)11-13-4-2-8-24-13;/h1-4,7-8,18H,5-6,9-11H2,(H,19,20);1H. The van der Waals surface area contributed by atoms with Crippen molar-refractivity contribution in [2.75, 3.05) is 6.54 Å². The highest BCUT2D eigenvalue weighted by Gasteiger charge is 2.26. The first-order valence-electron chi connectivity index (χ1n) is 7.92. The lowest BCUT2D eigenvalue weighted by Gasteiger charge is -2.22. The van der Waals surface area contributed by atoms with Gasteiger partial charge in [-0.05, 0) is 22.9 Å². The molecule has 0 unspecified atom stereocenters. The molecular formula is C17H19ClN4OS2. The Morgan fingerprint density at radius 3 is 2.44 bits per heavy atom. The van der Waals surface area contributed by atoms with Crippen molar-refractivity contribution in [1.82, 2.24) is 20.4 Å². The molecule has 3 aromatic rings. The van der Waals surface area contributed by atoms with Crippen LogP contribution in [-0.2, 0) is 26.1 Å². The number of carbonyl (C=O) groups is 1. The van der Waals surface area contributed by atoms with Gasteiger partial charge in [0.15, 0.2) is 5.69 Å². The van der Waals surface area contributed by atoms with Crippen molar-refractivity contribution < 1.29 is 4.79 Å². The molecule has 25 heavy (non-hydrogen) atoms. The third kappa shape index (κ3) is 3.95. The number of halogens is 1. The third-order valence-electron chi connectivity index (χ3n) is 4.15. The Morgan fingerprint density at radius 2 is 1.84 bits per heavy atom. The summed E-state index contributed by atoms with van der Waals surface area (Å²) >= 11 is 3.35. The summed E-state index contributed by atoms with van der Waals surface area (Å²) in [7, 11) is 0. The SMILES string of the molecule is Cl.O=C(c1n[nH]c2c1CNCC2)N(Cc1cccs1)Cc1cccs1. The van der Waals surface area contributed by atoms with E-state index in [1.54, 1.807) is 22.7 Å². The number of rotatable bonds is 5. The van der Waals surface area contributed by atoms with E-state index in [2.05, 4.69) is 27.6 Å². The second kappa shape index (κ2) is 8.14. The predicted octanol–water partition coefficient (Wildman–Crippen LogP) is 3.44. The molecule has 0 aliphatic carbocycles. The minimum Gasteiger partial charge on any atom is -0.327 e. The van der Waals surface area contributed by atoms with Crippen LogP contribution in [0.1, 0.15) is 31.5 Å². The minimum absolute atomic E-state index is 0. The smallest absolute Gasteiger partial charge is 0.275 e. The molecule has 1 aliphatic rings. The summed E-state index contributed by atoms with van der Waals surface area (Å²) in [5.41, 5.74) is 2.67. The maximum Gasteiger partial charge on any atom is 0.275 e. The summed E-state index contributed by atoms with van der Waals surface area (Å²) in [6.07, 6.45) is 0.894. The van der Waals surface area contributed by atoms with Crippen molar-refractivity contribution in [3.05, 3.63) is 61.7 Å². The van der Waals surface area contributed by atoms with Crippen LogP contribution in [0.3, 0.4) is 0 Å². The number of fused-ring (bicyclic) bond motifs is 1. The third-order valence-corrected chi connectivity index (χ3v) is 5.87. The Morgan fingerprint density at radius 1 is 1.16 bits per heavy atom. The molecule has 4 rings (SSSR count). The van der Waals surface area contributed by atoms with E-state index in [9.17, 15) is 4.79 Å². The first kappa shape index (κ1) is 18.1. The van der Waals surface area contributed by atoms with Gasteiger partial charge in [-0.3, -0.25) is 9.89 Å². The molecule has 2 N–H and O–H groups in total. The van der Waals surface area contributed by atoms with Crippen LogP contribution in [0.5, 0.6) is 0 Å². The summed E-state index contributed by atoms with van der Waals surface area (Å²) in [5.74, 6) is -0.00185. The Bertz CT molecular complexity index is 778. The molecule has 0 radical (unpaired) electrons. The van der Waals surface area contributed by atoms with Gasteiger partial charge in [-0.2, -0.15) is 5.10 Å². The zero-order valence-electron chi connectivity index (χ0n) is 13.5. The lowest BCUT2D eigenvalue weighted by Crippen LogP contribution is -2.32. The highest BCUT2D eigenvalue weighted by atomic mass is 35.5. The summed E-state index contributed by atoms with van der Waals surface area (Å²) in [5, 5.41) is 14.8. The topological polar surface area (TPSA) is 61.0 Å². The average molecular weight is 395 g/mol. The molecule has 4 heterocycles. The zero-order chi connectivity index (χ0) is 16.4. The van der Waals surface area contributed by atoms with E-state index < -0.39 is 0 Å². The molecule has 132 valence electrons. The molecule has 0 saturated heterocycles. The van der Waals surface area contributed by atoms with Gasteiger partial charge in [0.2, 0.25) is 0 Å². The summed E-state index contributed by atoms with van der Waals surface area (Å²) in [4.78, 5) is 17.4. The molecule has 0 fully saturated rings. The lowest BCUT2D eigenvalue weighted by atomic mass is 10.1. The van der Waals surface area contributed by atoms with E-state index in [0.29, 0.717) is 25.3 Å². The van der Waals surface area contributed by atoms with Crippen molar-refractivity contribution in [2.45, 2.75) is 26.1 Å². The Kier molecular flexibility index (Phi) is 5.90. The Labute approximate surface area is 160 Å². The first-order valence-corrected chi connectivity index (χ1v) is 9.68. The van der Waals surface area contributed by atoms with Crippen LogP contribution in [0, 0.1) is 0 Å². The lowest BCUT2D eigenvalue weighted by molar-refractivity contribution is 0.0726. The molecule has 8 heteroatoms. The number of thiophene rings is 2. The quantitative estimate of drug-likeness (QED) is 0.696. The number of nitrogens with zero attached hydrogens (tertiary/aromatic N) is 2. The normalized spacial score (nSPS) is 13.1. The van der Waals surface area contributed by atoms with Gasteiger partial charge in [0.05, 0.1) is 13.1 Å². The summed E-state index contributed by atoms with van der Waals surface area (Å²) in [6, 6.07) is 8.18. The number of carbonyl (C=O) groups excluding carboxylic acids is 1. The van der Waals surface area contributed by atoms with E-state index in [1.807, 2.05) is 27.8 Å². The number of hydrogen-bond acceptors (Lipinski definition) is 5. The van der Waals surface area contributed by atoms with Gasteiger partial charge in [0.1, 0.15) is 0 Å². The van der Waals surface area contributed by atoms with Gasteiger partial charge in [0, 0.05) is 40.5 Å². The van der Waals surface area contributed by atoms with E-state index in [-0.39, 0.29) is 18.3 Å². The highest BCUT2D eigenvalue weighted by Crippen LogP contribution is 2.22. The van der Waals surface area contributed by atoms with E-state index in [4.69, 9.17) is 0 Å². The molecule has 1 amide bonds. The summed E-state index contributed by atoms with van der Waals surface area (Å²) in [6.45, 7) is 2.86. The number of aromatic amines is 1. The number of hydrogen-bond donors (Lipinski definition) is 2. The maximum atomic E-state index is 13.2. The molecule has 0 atom stereocenters. The number of amides is 1. The van der Waals surface area contributed by atoms with Gasteiger partial charge >= 0.3 is 0 Å². The van der Waals surface area contributed by atoms with Gasteiger partial charge in [-0.1, -0.05) is 12.1 Å². The molecule has 0 bridgehead atoms. The maximum absolute atomic E-state index is 13.2. The summed E-state index contributed by atoms with van der Waals surface area (Å²) < 4.78 is 0. The van der Waals surface area contributed by atoms with Crippen LogP contribution in [0.25, 0.3) is 0 Å². The van der Waals surface area contributed by atoms with Crippen LogP contribution < -0.4 is 5.32 Å². The minimum atomic E-state index is -0.00185. The molecular weight excluding hydrogens is 376 g/mol. The van der Waals surface area contributed by atoms with Crippen molar-refractivity contribution in [1.29, 1.82) is 0 Å². The largest absolute Gasteiger partial charge is 0.327 e. The van der Waals surface area contributed by atoms with E-state index in [0.717, 1.165) is 24.2 Å². The highest BCUT2D eigenvalue weighted by molar-refractivity contribution is 7.10. The second-order valence-corrected chi connectivity index (χ2v) is 7.84. The van der Waals surface area contributed by atoms with Crippen molar-refractivity contribution >= 4 is 41.0 Å². The monoisotopic (exact) mass is 394 g/mol. The fourth-order valence-corrected chi connectivity index (χ4v) is 4.37. The fraction of sp³-hybridized carbons (Fsp3) is 0.294. The first-order chi connectivity index (χ1) is 11.8. The molecule has 5 nitrogen and oxygen atoms in total. The molecule has 0 spiro atoms. The van der Waals surface area contributed by atoms with Gasteiger partial charge < -0.3 is 10.2 Å². The van der Waals surface area contributed by atoms with E-state index >= 15 is 0 Å². The van der Waals surface area contributed by atoms with Crippen molar-refractivity contribution in [3.8, 4) is 0 Å². The number of H-pyrrole nitrogens is 1. The average Bonchev–Trinajstić information content (AvgIpc) is 3.35. The van der Waals surface area contributed by atoms with Crippen LogP contribution >= 0.6 is 35.1 Å². The van der Waals surface area contributed by atoms with Crippen LogP contribution in [0.2, 0.25) is 0 Å².